The molecule has 14 heavy (non-hydrogen) atoms. The van der Waals surface area contributed by atoms with Crippen molar-refractivity contribution in [3.63, 3.8) is 0 Å². The molecule has 0 radical (unpaired) electrons. The summed E-state index contributed by atoms with van der Waals surface area (Å²) in [5, 5.41) is 12.8. The fraction of sp³-hybridized carbons (Fsp3) is 0.400. The molecule has 0 fully saturated rings. The first-order valence-electron chi connectivity index (χ1n) is 4.53. The van der Waals surface area contributed by atoms with Crippen LogP contribution in [0.3, 0.4) is 0 Å². The zero-order valence-corrected chi connectivity index (χ0v) is 9.71. The highest BCUT2D eigenvalue weighted by atomic mass is 79.9. The van der Waals surface area contributed by atoms with Crippen LogP contribution in [0.5, 0.6) is 0 Å². The van der Waals surface area contributed by atoms with Gasteiger partial charge in [0.05, 0.1) is 11.8 Å². The minimum absolute atomic E-state index is 0.500. The van der Waals surface area contributed by atoms with Crippen LogP contribution in [0.25, 0.3) is 0 Å². The van der Waals surface area contributed by atoms with E-state index in [1.165, 1.54) is 0 Å². The van der Waals surface area contributed by atoms with Gasteiger partial charge in [-0.2, -0.15) is 0 Å². The number of nitrogen functional groups attached to an aromatic ring is 1. The smallest absolute Gasteiger partial charge is 0.0822 e. The standard InChI is InChI=1S/C10H15BrN2O/c1-13-6-5-9(14)7-3-2-4-8(11)10(7)12/h2-4,9,13-14H,5-6,12H2,1H3. The SMILES string of the molecule is CNCCC(O)c1cccc(Br)c1N. The van der Waals surface area contributed by atoms with E-state index < -0.39 is 6.10 Å². The van der Waals surface area contributed by atoms with E-state index in [4.69, 9.17) is 5.73 Å². The predicted molar refractivity (Wildman–Crippen MR) is 62.1 cm³/mol. The Hall–Kier alpha value is -0.580. The van der Waals surface area contributed by atoms with E-state index in [0.717, 1.165) is 16.6 Å². The zero-order valence-electron chi connectivity index (χ0n) is 8.13. The normalized spacial score (nSPS) is 12.8. The van der Waals surface area contributed by atoms with Crippen LogP contribution in [0.15, 0.2) is 22.7 Å². The van der Waals surface area contributed by atoms with Gasteiger partial charge < -0.3 is 16.2 Å². The van der Waals surface area contributed by atoms with Crippen LogP contribution in [0.2, 0.25) is 0 Å². The lowest BCUT2D eigenvalue weighted by atomic mass is 10.0. The lowest BCUT2D eigenvalue weighted by Gasteiger charge is -2.13. The largest absolute Gasteiger partial charge is 0.398 e. The molecule has 0 saturated carbocycles. The second-order valence-electron chi connectivity index (χ2n) is 3.15. The number of hydrogen-bond donors (Lipinski definition) is 3. The van der Waals surface area contributed by atoms with Crippen LogP contribution >= 0.6 is 15.9 Å². The number of anilines is 1. The molecular formula is C10H15BrN2O. The third-order valence-electron chi connectivity index (χ3n) is 2.11. The molecule has 0 saturated heterocycles. The zero-order chi connectivity index (χ0) is 10.6. The molecule has 1 aromatic rings. The molecule has 78 valence electrons. The molecule has 0 aliphatic carbocycles. The third kappa shape index (κ3) is 2.70. The highest BCUT2D eigenvalue weighted by molar-refractivity contribution is 9.10. The lowest BCUT2D eigenvalue weighted by molar-refractivity contribution is 0.168. The van der Waals surface area contributed by atoms with E-state index in [0.29, 0.717) is 12.1 Å². The summed E-state index contributed by atoms with van der Waals surface area (Å²) in [6.07, 6.45) is 0.164. The number of para-hydroxylation sites is 1. The molecule has 0 spiro atoms. The Labute approximate surface area is 92.4 Å². The van der Waals surface area contributed by atoms with Crippen LogP contribution in [0, 0.1) is 0 Å². The summed E-state index contributed by atoms with van der Waals surface area (Å²) >= 11 is 3.33. The minimum Gasteiger partial charge on any atom is -0.398 e. The predicted octanol–water partition coefficient (Wildman–Crippen LogP) is 1.67. The van der Waals surface area contributed by atoms with Crippen molar-refractivity contribution in [1.29, 1.82) is 0 Å². The van der Waals surface area contributed by atoms with Crippen LogP contribution in [-0.4, -0.2) is 18.7 Å². The van der Waals surface area contributed by atoms with Gasteiger partial charge in [0.1, 0.15) is 0 Å². The van der Waals surface area contributed by atoms with Gasteiger partial charge in [-0.1, -0.05) is 12.1 Å². The van der Waals surface area contributed by atoms with E-state index in [-0.39, 0.29) is 0 Å². The van der Waals surface area contributed by atoms with Gasteiger partial charge in [0, 0.05) is 10.0 Å². The fourth-order valence-electron chi connectivity index (χ4n) is 1.28. The van der Waals surface area contributed by atoms with Crippen molar-refractivity contribution in [2.24, 2.45) is 0 Å². The van der Waals surface area contributed by atoms with Crippen LogP contribution in [0.1, 0.15) is 18.1 Å². The summed E-state index contributed by atoms with van der Waals surface area (Å²) < 4.78 is 0.832. The minimum atomic E-state index is -0.500. The average molecular weight is 259 g/mol. The molecule has 3 nitrogen and oxygen atoms in total. The van der Waals surface area contributed by atoms with E-state index in [2.05, 4.69) is 21.2 Å². The summed E-state index contributed by atoms with van der Waals surface area (Å²) in [5.74, 6) is 0. The quantitative estimate of drug-likeness (QED) is 0.721. The number of rotatable bonds is 4. The molecule has 1 atom stereocenters. The summed E-state index contributed by atoms with van der Waals surface area (Å²) in [5.41, 5.74) is 7.24. The molecule has 1 aromatic carbocycles. The summed E-state index contributed by atoms with van der Waals surface area (Å²) in [4.78, 5) is 0. The maximum absolute atomic E-state index is 9.82. The molecule has 4 N–H and O–H groups in total. The number of aliphatic hydroxyl groups is 1. The Bertz CT molecular complexity index is 304. The fourth-order valence-corrected chi connectivity index (χ4v) is 1.66. The molecule has 0 aliphatic heterocycles. The summed E-state index contributed by atoms with van der Waals surface area (Å²) in [6, 6.07) is 5.59. The van der Waals surface area contributed by atoms with Gasteiger partial charge in [0.25, 0.3) is 0 Å². The Morgan fingerprint density at radius 1 is 1.57 bits per heavy atom. The third-order valence-corrected chi connectivity index (χ3v) is 2.80. The Kier molecular flexibility index (Phi) is 4.38. The molecule has 0 amide bonds. The number of aliphatic hydroxyl groups excluding tert-OH is 1. The summed E-state index contributed by atoms with van der Waals surface area (Å²) in [6.45, 7) is 0.771. The van der Waals surface area contributed by atoms with Gasteiger partial charge >= 0.3 is 0 Å². The van der Waals surface area contributed by atoms with Crippen molar-refractivity contribution in [2.75, 3.05) is 19.3 Å². The first-order valence-corrected chi connectivity index (χ1v) is 5.32. The van der Waals surface area contributed by atoms with E-state index in [9.17, 15) is 5.11 Å². The number of halogens is 1. The number of nitrogens with one attached hydrogen (secondary N) is 1. The first kappa shape index (κ1) is 11.5. The van der Waals surface area contributed by atoms with Crippen LogP contribution in [0.4, 0.5) is 5.69 Å². The van der Waals surface area contributed by atoms with Crippen molar-refractivity contribution in [2.45, 2.75) is 12.5 Å². The van der Waals surface area contributed by atoms with Gasteiger partial charge in [-0.15, -0.1) is 0 Å². The van der Waals surface area contributed by atoms with Crippen molar-refractivity contribution >= 4 is 21.6 Å². The molecule has 0 aliphatic rings. The highest BCUT2D eigenvalue weighted by Crippen LogP contribution is 2.28. The molecule has 1 rings (SSSR count). The van der Waals surface area contributed by atoms with E-state index in [1.807, 2.05) is 25.2 Å². The van der Waals surface area contributed by atoms with E-state index in [1.54, 1.807) is 0 Å². The van der Waals surface area contributed by atoms with Gasteiger partial charge in [0.2, 0.25) is 0 Å². The second-order valence-corrected chi connectivity index (χ2v) is 4.01. The molecule has 0 heterocycles. The lowest BCUT2D eigenvalue weighted by Crippen LogP contribution is -2.13. The van der Waals surface area contributed by atoms with Crippen LogP contribution < -0.4 is 11.1 Å². The molecule has 4 heteroatoms. The van der Waals surface area contributed by atoms with Gasteiger partial charge in [-0.3, -0.25) is 0 Å². The Morgan fingerprint density at radius 2 is 2.29 bits per heavy atom. The Morgan fingerprint density at radius 3 is 2.93 bits per heavy atom. The van der Waals surface area contributed by atoms with Gasteiger partial charge in [0.15, 0.2) is 0 Å². The van der Waals surface area contributed by atoms with E-state index >= 15 is 0 Å². The van der Waals surface area contributed by atoms with Crippen molar-refractivity contribution < 1.29 is 5.11 Å². The highest BCUT2D eigenvalue weighted by Gasteiger charge is 2.11. The first-order chi connectivity index (χ1) is 6.66. The van der Waals surface area contributed by atoms with Gasteiger partial charge in [-0.05, 0) is 42.0 Å². The summed E-state index contributed by atoms with van der Waals surface area (Å²) in [7, 11) is 1.86. The van der Waals surface area contributed by atoms with Crippen molar-refractivity contribution in [1.82, 2.24) is 5.32 Å². The van der Waals surface area contributed by atoms with Crippen molar-refractivity contribution in [3.05, 3.63) is 28.2 Å². The second kappa shape index (κ2) is 5.34. The molecule has 1 unspecified atom stereocenters. The molecule has 0 aromatic heterocycles. The monoisotopic (exact) mass is 258 g/mol. The number of benzene rings is 1. The maximum atomic E-state index is 9.82. The number of nitrogens with two attached hydrogens (primary N) is 1. The Balaban J connectivity index is 2.79. The van der Waals surface area contributed by atoms with Crippen molar-refractivity contribution in [3.8, 4) is 0 Å². The molecule has 0 bridgehead atoms. The molecular weight excluding hydrogens is 244 g/mol. The van der Waals surface area contributed by atoms with Gasteiger partial charge in [-0.25, -0.2) is 0 Å². The average Bonchev–Trinajstić information content (AvgIpc) is 2.18. The topological polar surface area (TPSA) is 58.3 Å². The maximum Gasteiger partial charge on any atom is 0.0822 e. The number of hydrogen-bond acceptors (Lipinski definition) is 3. The van der Waals surface area contributed by atoms with Crippen LogP contribution in [-0.2, 0) is 0 Å².